The lowest BCUT2D eigenvalue weighted by Gasteiger charge is -2.06. The molecule has 1 N–H and O–H groups in total. The van der Waals surface area contributed by atoms with E-state index < -0.39 is 0 Å². The Hall–Kier alpha value is -1.06. The van der Waals surface area contributed by atoms with E-state index in [9.17, 15) is 0 Å². The highest BCUT2D eigenvalue weighted by Crippen LogP contribution is 2.18. The number of para-hydroxylation sites is 1. The Kier molecular flexibility index (Phi) is 4.61. The third-order valence-electron chi connectivity index (χ3n) is 3.14. The molecule has 0 fully saturated rings. The Balaban J connectivity index is 2.13. The van der Waals surface area contributed by atoms with Gasteiger partial charge in [0.15, 0.2) is 0 Å². The molecule has 4 heteroatoms. The number of aryl methyl sites for hydroxylation is 1. The smallest absolute Gasteiger partial charge is 0.0841 e. The number of rotatable bonds is 6. The Morgan fingerprint density at radius 2 is 2.11 bits per heavy atom. The molecule has 0 aliphatic rings. The fourth-order valence-corrected chi connectivity index (χ4v) is 2.17. The van der Waals surface area contributed by atoms with Gasteiger partial charge in [0.25, 0.3) is 0 Å². The van der Waals surface area contributed by atoms with Crippen LogP contribution < -0.4 is 5.32 Å². The standard InChI is InChI=1S/C14H20ClN3/c1-3-11(15)9-16-10-13-12-7-5-6-8-14(12)18(4-2)17-13/h5-8,11,16H,3-4,9-10H2,1-2H3. The summed E-state index contributed by atoms with van der Waals surface area (Å²) in [7, 11) is 0. The Labute approximate surface area is 113 Å². The highest BCUT2D eigenvalue weighted by Gasteiger charge is 2.09. The summed E-state index contributed by atoms with van der Waals surface area (Å²) in [5.41, 5.74) is 2.31. The first kappa shape index (κ1) is 13.4. The molecule has 2 aromatic rings. The van der Waals surface area contributed by atoms with Gasteiger partial charge in [0.1, 0.15) is 0 Å². The molecule has 0 radical (unpaired) electrons. The molecule has 18 heavy (non-hydrogen) atoms. The quantitative estimate of drug-likeness (QED) is 0.813. The van der Waals surface area contributed by atoms with Crippen molar-refractivity contribution in [2.24, 2.45) is 0 Å². The molecule has 2 rings (SSSR count). The maximum absolute atomic E-state index is 6.09. The van der Waals surface area contributed by atoms with E-state index in [1.807, 2.05) is 4.68 Å². The summed E-state index contributed by atoms with van der Waals surface area (Å²) in [6.45, 7) is 6.71. The molecular formula is C14H20ClN3. The molecular weight excluding hydrogens is 246 g/mol. The van der Waals surface area contributed by atoms with Crippen molar-refractivity contribution in [2.75, 3.05) is 6.54 Å². The third-order valence-corrected chi connectivity index (χ3v) is 3.60. The van der Waals surface area contributed by atoms with Crippen molar-refractivity contribution in [3.8, 4) is 0 Å². The molecule has 0 saturated carbocycles. The Bertz CT molecular complexity index is 507. The van der Waals surface area contributed by atoms with Crippen LogP contribution in [0.15, 0.2) is 24.3 Å². The van der Waals surface area contributed by atoms with Gasteiger partial charge in [-0.1, -0.05) is 25.1 Å². The SMILES string of the molecule is CCC(Cl)CNCc1nn(CC)c2ccccc12. The van der Waals surface area contributed by atoms with E-state index in [0.29, 0.717) is 0 Å². The van der Waals surface area contributed by atoms with Gasteiger partial charge in [0.05, 0.1) is 11.2 Å². The van der Waals surface area contributed by atoms with Crippen LogP contribution in [0.1, 0.15) is 26.0 Å². The summed E-state index contributed by atoms with van der Waals surface area (Å²) in [6, 6.07) is 8.36. The van der Waals surface area contributed by atoms with Gasteiger partial charge in [-0.2, -0.15) is 5.10 Å². The topological polar surface area (TPSA) is 29.9 Å². The maximum Gasteiger partial charge on any atom is 0.0841 e. The molecule has 1 aromatic carbocycles. The molecule has 0 bridgehead atoms. The van der Waals surface area contributed by atoms with Crippen LogP contribution in [0.3, 0.4) is 0 Å². The largest absolute Gasteiger partial charge is 0.310 e. The molecule has 0 saturated heterocycles. The van der Waals surface area contributed by atoms with Crippen molar-refractivity contribution in [1.82, 2.24) is 15.1 Å². The zero-order chi connectivity index (χ0) is 13.0. The molecule has 1 aromatic heterocycles. The molecule has 0 spiro atoms. The predicted octanol–water partition coefficient (Wildman–Crippen LogP) is 3.16. The minimum atomic E-state index is 0.199. The van der Waals surface area contributed by atoms with Crippen molar-refractivity contribution in [3.05, 3.63) is 30.0 Å². The summed E-state index contributed by atoms with van der Waals surface area (Å²) >= 11 is 6.09. The van der Waals surface area contributed by atoms with Gasteiger partial charge in [0.2, 0.25) is 0 Å². The highest BCUT2D eigenvalue weighted by atomic mass is 35.5. The number of hydrogen-bond donors (Lipinski definition) is 1. The van der Waals surface area contributed by atoms with Gasteiger partial charge < -0.3 is 5.32 Å². The van der Waals surface area contributed by atoms with E-state index in [-0.39, 0.29) is 5.38 Å². The number of hydrogen-bond acceptors (Lipinski definition) is 2. The average Bonchev–Trinajstić information content (AvgIpc) is 2.77. The van der Waals surface area contributed by atoms with Crippen LogP contribution in [-0.2, 0) is 13.1 Å². The molecule has 3 nitrogen and oxygen atoms in total. The van der Waals surface area contributed by atoms with Gasteiger partial charge in [-0.3, -0.25) is 4.68 Å². The molecule has 98 valence electrons. The first-order valence-corrected chi connectivity index (χ1v) is 6.99. The monoisotopic (exact) mass is 265 g/mol. The molecule has 0 amide bonds. The van der Waals surface area contributed by atoms with Crippen molar-refractivity contribution < 1.29 is 0 Å². The summed E-state index contributed by atoms with van der Waals surface area (Å²) in [6.07, 6.45) is 0.985. The van der Waals surface area contributed by atoms with Crippen LogP contribution >= 0.6 is 11.6 Å². The number of aromatic nitrogens is 2. The van der Waals surface area contributed by atoms with E-state index in [0.717, 1.165) is 31.7 Å². The minimum absolute atomic E-state index is 0.199. The average molecular weight is 266 g/mol. The summed E-state index contributed by atoms with van der Waals surface area (Å²) < 4.78 is 2.05. The number of nitrogens with one attached hydrogen (secondary N) is 1. The van der Waals surface area contributed by atoms with Crippen LogP contribution in [0.25, 0.3) is 10.9 Å². The summed E-state index contributed by atoms with van der Waals surface area (Å²) in [5, 5.41) is 9.45. The molecule has 0 aliphatic carbocycles. The van der Waals surface area contributed by atoms with E-state index >= 15 is 0 Å². The second-order valence-electron chi connectivity index (χ2n) is 4.42. The lowest BCUT2D eigenvalue weighted by molar-refractivity contribution is 0.615. The second-order valence-corrected chi connectivity index (χ2v) is 5.03. The van der Waals surface area contributed by atoms with E-state index in [2.05, 4.69) is 48.5 Å². The first-order valence-electron chi connectivity index (χ1n) is 6.55. The summed E-state index contributed by atoms with van der Waals surface area (Å²) in [4.78, 5) is 0. The lowest BCUT2D eigenvalue weighted by Crippen LogP contribution is -2.22. The first-order chi connectivity index (χ1) is 8.76. The maximum atomic E-state index is 6.09. The molecule has 1 atom stereocenters. The van der Waals surface area contributed by atoms with Gasteiger partial charge in [-0.15, -0.1) is 11.6 Å². The van der Waals surface area contributed by atoms with Crippen molar-refractivity contribution in [2.45, 2.75) is 38.7 Å². The van der Waals surface area contributed by atoms with Crippen LogP contribution in [0, 0.1) is 0 Å². The van der Waals surface area contributed by atoms with Crippen molar-refractivity contribution >= 4 is 22.5 Å². The van der Waals surface area contributed by atoms with Crippen LogP contribution in [0.4, 0.5) is 0 Å². The number of benzene rings is 1. The normalized spacial score (nSPS) is 13.1. The third kappa shape index (κ3) is 2.85. The van der Waals surface area contributed by atoms with Crippen LogP contribution in [0.5, 0.6) is 0 Å². The van der Waals surface area contributed by atoms with Crippen LogP contribution in [0.2, 0.25) is 0 Å². The lowest BCUT2D eigenvalue weighted by atomic mass is 10.2. The van der Waals surface area contributed by atoms with E-state index in [1.54, 1.807) is 0 Å². The fraction of sp³-hybridized carbons (Fsp3) is 0.500. The minimum Gasteiger partial charge on any atom is -0.310 e. The van der Waals surface area contributed by atoms with Gasteiger partial charge in [-0.05, 0) is 19.4 Å². The molecule has 1 unspecified atom stereocenters. The summed E-state index contributed by atoms with van der Waals surface area (Å²) in [5.74, 6) is 0. The zero-order valence-electron chi connectivity index (χ0n) is 11.0. The van der Waals surface area contributed by atoms with Gasteiger partial charge in [-0.25, -0.2) is 0 Å². The van der Waals surface area contributed by atoms with Crippen molar-refractivity contribution in [1.29, 1.82) is 0 Å². The number of nitrogens with zero attached hydrogens (tertiary/aromatic N) is 2. The molecule has 1 heterocycles. The zero-order valence-corrected chi connectivity index (χ0v) is 11.7. The Morgan fingerprint density at radius 3 is 2.83 bits per heavy atom. The van der Waals surface area contributed by atoms with E-state index in [1.165, 1.54) is 10.9 Å². The van der Waals surface area contributed by atoms with E-state index in [4.69, 9.17) is 11.6 Å². The van der Waals surface area contributed by atoms with Gasteiger partial charge >= 0.3 is 0 Å². The number of fused-ring (bicyclic) bond motifs is 1. The van der Waals surface area contributed by atoms with Crippen molar-refractivity contribution in [3.63, 3.8) is 0 Å². The van der Waals surface area contributed by atoms with Gasteiger partial charge in [0, 0.05) is 30.4 Å². The fourth-order valence-electron chi connectivity index (χ4n) is 2.06. The number of halogens is 1. The van der Waals surface area contributed by atoms with Crippen LogP contribution in [-0.4, -0.2) is 21.7 Å². The highest BCUT2D eigenvalue weighted by molar-refractivity contribution is 6.20. The predicted molar refractivity (Wildman–Crippen MR) is 77.0 cm³/mol. The second kappa shape index (κ2) is 6.21. The number of alkyl halides is 1. The molecule has 0 aliphatic heterocycles. The Morgan fingerprint density at radius 1 is 1.33 bits per heavy atom.